The van der Waals surface area contributed by atoms with Crippen molar-refractivity contribution in [3.8, 4) is 5.75 Å². The lowest BCUT2D eigenvalue weighted by molar-refractivity contribution is 0.0526. The minimum Gasteiger partial charge on any atom is -0.505 e. The molecule has 2 N–H and O–H groups in total. The van der Waals surface area contributed by atoms with Crippen molar-refractivity contribution < 1.29 is 14.6 Å². The van der Waals surface area contributed by atoms with Crippen molar-refractivity contribution in [2.24, 2.45) is 0 Å². The van der Waals surface area contributed by atoms with Crippen molar-refractivity contribution in [2.45, 2.75) is 19.9 Å². The van der Waals surface area contributed by atoms with Crippen LogP contribution < -0.4 is 5.32 Å². The number of hydrogen-bond donors (Lipinski definition) is 2. The molecule has 156 valence electrons. The molecule has 0 radical (unpaired) electrons. The lowest BCUT2D eigenvalue weighted by Crippen LogP contribution is -2.14. The summed E-state index contributed by atoms with van der Waals surface area (Å²) in [6.45, 7) is 3.98. The Labute approximate surface area is 180 Å². The van der Waals surface area contributed by atoms with Crippen molar-refractivity contribution >= 4 is 22.6 Å². The number of benzene rings is 2. The molecular formula is C25H23N3O3. The van der Waals surface area contributed by atoms with Crippen LogP contribution in [0.3, 0.4) is 0 Å². The average molecular weight is 413 g/mol. The summed E-state index contributed by atoms with van der Waals surface area (Å²) in [5.74, 6) is -0.253. The van der Waals surface area contributed by atoms with Gasteiger partial charge in [-0.05, 0) is 55.8 Å². The van der Waals surface area contributed by atoms with Gasteiger partial charge in [0.05, 0.1) is 18.2 Å². The van der Waals surface area contributed by atoms with Crippen LogP contribution in [0.2, 0.25) is 0 Å². The number of carbonyl (C=O) groups excluding carboxylic acids is 1. The number of phenols is 1. The van der Waals surface area contributed by atoms with Gasteiger partial charge >= 0.3 is 5.97 Å². The fourth-order valence-corrected chi connectivity index (χ4v) is 3.53. The van der Waals surface area contributed by atoms with Gasteiger partial charge in [0.2, 0.25) is 0 Å². The van der Waals surface area contributed by atoms with Crippen LogP contribution in [0.15, 0.2) is 73.1 Å². The second-order valence-electron chi connectivity index (χ2n) is 7.19. The van der Waals surface area contributed by atoms with E-state index in [1.54, 1.807) is 37.5 Å². The second-order valence-corrected chi connectivity index (χ2v) is 7.19. The van der Waals surface area contributed by atoms with Gasteiger partial charge in [0.25, 0.3) is 0 Å². The summed E-state index contributed by atoms with van der Waals surface area (Å²) in [6, 6.07) is 18.2. The Kier molecular flexibility index (Phi) is 5.80. The normalized spacial score (nSPS) is 11.8. The fourth-order valence-electron chi connectivity index (χ4n) is 3.53. The highest BCUT2D eigenvalue weighted by atomic mass is 16.5. The number of rotatable bonds is 6. The van der Waals surface area contributed by atoms with Crippen LogP contribution in [-0.4, -0.2) is 27.7 Å². The molecule has 4 rings (SSSR count). The number of aromatic nitrogens is 2. The molecule has 4 aromatic rings. The Morgan fingerprint density at radius 2 is 1.87 bits per heavy atom. The topological polar surface area (TPSA) is 84.3 Å². The van der Waals surface area contributed by atoms with E-state index in [1.165, 1.54) is 0 Å². The van der Waals surface area contributed by atoms with E-state index in [1.807, 2.05) is 49.4 Å². The number of phenolic OH excluding ortho intramolecular Hbond substituents is 1. The van der Waals surface area contributed by atoms with Crippen LogP contribution in [-0.2, 0) is 4.74 Å². The molecule has 1 unspecified atom stereocenters. The standard InChI is InChI=1S/C25H23N3O3/c1-3-31-25(30)19-5-4-6-20(15-19)28-22(18-11-13-26-14-12-18)21-10-9-17-8-7-16(2)27-23(17)24(21)29/h4-15,22,28-29H,3H2,1-2H3. The van der Waals surface area contributed by atoms with E-state index in [0.717, 1.165) is 22.3 Å². The Morgan fingerprint density at radius 1 is 1.10 bits per heavy atom. The summed E-state index contributed by atoms with van der Waals surface area (Å²) in [4.78, 5) is 20.8. The smallest absolute Gasteiger partial charge is 0.338 e. The van der Waals surface area contributed by atoms with Crippen LogP contribution >= 0.6 is 0 Å². The third kappa shape index (κ3) is 4.33. The van der Waals surface area contributed by atoms with Gasteiger partial charge in [-0.15, -0.1) is 0 Å². The number of anilines is 1. The first-order valence-corrected chi connectivity index (χ1v) is 10.1. The molecule has 6 nitrogen and oxygen atoms in total. The first-order chi connectivity index (χ1) is 15.1. The molecular weight excluding hydrogens is 390 g/mol. The van der Waals surface area contributed by atoms with E-state index in [-0.39, 0.29) is 17.8 Å². The summed E-state index contributed by atoms with van der Waals surface area (Å²) < 4.78 is 5.11. The summed E-state index contributed by atoms with van der Waals surface area (Å²) in [7, 11) is 0. The summed E-state index contributed by atoms with van der Waals surface area (Å²) in [5.41, 5.74) is 4.16. The second kappa shape index (κ2) is 8.83. The maximum atomic E-state index is 12.1. The number of fused-ring (bicyclic) bond motifs is 1. The molecule has 2 aromatic carbocycles. The van der Waals surface area contributed by atoms with Gasteiger partial charge in [0.15, 0.2) is 0 Å². The minimum atomic E-state index is -0.382. The van der Waals surface area contributed by atoms with Gasteiger partial charge in [0.1, 0.15) is 11.3 Å². The van der Waals surface area contributed by atoms with Gasteiger partial charge in [-0.25, -0.2) is 9.78 Å². The SMILES string of the molecule is CCOC(=O)c1cccc(NC(c2ccncc2)c2ccc3ccc(C)nc3c2O)c1. The molecule has 0 aliphatic carbocycles. The van der Waals surface area contributed by atoms with Crippen molar-refractivity contribution in [1.82, 2.24) is 9.97 Å². The quantitative estimate of drug-likeness (QED) is 0.432. The molecule has 0 bridgehead atoms. The van der Waals surface area contributed by atoms with Gasteiger partial charge in [-0.1, -0.05) is 24.3 Å². The molecule has 0 saturated carbocycles. The van der Waals surface area contributed by atoms with Crippen LogP contribution in [0.1, 0.15) is 40.1 Å². The van der Waals surface area contributed by atoms with E-state index >= 15 is 0 Å². The summed E-state index contributed by atoms with van der Waals surface area (Å²) >= 11 is 0. The monoisotopic (exact) mass is 413 g/mol. The van der Waals surface area contributed by atoms with Gasteiger partial charge in [0, 0.05) is 34.7 Å². The van der Waals surface area contributed by atoms with Crippen molar-refractivity contribution in [1.29, 1.82) is 0 Å². The van der Waals surface area contributed by atoms with Crippen molar-refractivity contribution in [2.75, 3.05) is 11.9 Å². The van der Waals surface area contributed by atoms with Gasteiger partial charge in [-0.3, -0.25) is 4.98 Å². The van der Waals surface area contributed by atoms with Gasteiger partial charge in [-0.2, -0.15) is 0 Å². The molecule has 0 amide bonds. The third-order valence-corrected chi connectivity index (χ3v) is 5.04. The number of hydrogen-bond acceptors (Lipinski definition) is 6. The molecule has 2 heterocycles. The first-order valence-electron chi connectivity index (χ1n) is 10.1. The predicted molar refractivity (Wildman–Crippen MR) is 120 cm³/mol. The molecule has 0 spiro atoms. The summed E-state index contributed by atoms with van der Waals surface area (Å²) in [6.07, 6.45) is 3.42. The number of carbonyl (C=O) groups is 1. The predicted octanol–water partition coefficient (Wildman–Crippen LogP) is 5.02. The molecule has 0 aliphatic rings. The number of aromatic hydroxyl groups is 1. The van der Waals surface area contributed by atoms with Crippen molar-refractivity contribution in [3.63, 3.8) is 0 Å². The summed E-state index contributed by atoms with van der Waals surface area (Å²) in [5, 5.41) is 15.4. The molecule has 1 atom stereocenters. The Bertz CT molecular complexity index is 1230. The van der Waals surface area contributed by atoms with E-state index < -0.39 is 0 Å². The zero-order valence-corrected chi connectivity index (χ0v) is 17.4. The fraction of sp³-hybridized carbons (Fsp3) is 0.160. The Balaban J connectivity index is 1.78. The maximum absolute atomic E-state index is 12.1. The highest BCUT2D eigenvalue weighted by Crippen LogP contribution is 2.36. The van der Waals surface area contributed by atoms with Crippen LogP contribution in [0, 0.1) is 6.92 Å². The number of ether oxygens (including phenoxy) is 1. The molecule has 6 heteroatoms. The Morgan fingerprint density at radius 3 is 2.65 bits per heavy atom. The number of nitrogens with one attached hydrogen (secondary N) is 1. The zero-order chi connectivity index (χ0) is 21.8. The highest BCUT2D eigenvalue weighted by Gasteiger charge is 2.20. The Hall–Kier alpha value is -3.93. The number of aryl methyl sites for hydroxylation is 1. The van der Waals surface area contributed by atoms with E-state index in [2.05, 4.69) is 15.3 Å². The first kappa shape index (κ1) is 20.3. The lowest BCUT2D eigenvalue weighted by Gasteiger charge is -2.22. The van der Waals surface area contributed by atoms with E-state index in [4.69, 9.17) is 4.74 Å². The van der Waals surface area contributed by atoms with Crippen molar-refractivity contribution in [3.05, 3.63) is 95.4 Å². The number of esters is 1. The maximum Gasteiger partial charge on any atom is 0.338 e. The minimum absolute atomic E-state index is 0.122. The van der Waals surface area contributed by atoms with Crippen LogP contribution in [0.4, 0.5) is 5.69 Å². The van der Waals surface area contributed by atoms with Gasteiger partial charge < -0.3 is 15.2 Å². The largest absolute Gasteiger partial charge is 0.505 e. The van der Waals surface area contributed by atoms with E-state index in [0.29, 0.717) is 23.3 Å². The molecule has 0 aliphatic heterocycles. The van der Waals surface area contributed by atoms with Crippen LogP contribution in [0.25, 0.3) is 10.9 Å². The average Bonchev–Trinajstić information content (AvgIpc) is 2.79. The molecule has 2 aromatic heterocycles. The molecule has 31 heavy (non-hydrogen) atoms. The molecule has 0 fully saturated rings. The molecule has 0 saturated heterocycles. The number of pyridine rings is 2. The zero-order valence-electron chi connectivity index (χ0n) is 17.4. The highest BCUT2D eigenvalue weighted by molar-refractivity contribution is 5.90. The third-order valence-electron chi connectivity index (χ3n) is 5.04. The lowest BCUT2D eigenvalue weighted by atomic mass is 9.96. The van der Waals surface area contributed by atoms with Crippen LogP contribution in [0.5, 0.6) is 5.75 Å². The van der Waals surface area contributed by atoms with E-state index in [9.17, 15) is 9.90 Å². The number of nitrogens with zero attached hydrogens (tertiary/aromatic N) is 2.